The molecule has 6 heteroatoms. The summed E-state index contributed by atoms with van der Waals surface area (Å²) >= 11 is 7.53. The highest BCUT2D eigenvalue weighted by Gasteiger charge is 2.13. The number of ether oxygens (including phenoxy) is 1. The first-order valence-electron chi connectivity index (χ1n) is 7.42. The van der Waals surface area contributed by atoms with Crippen molar-refractivity contribution < 1.29 is 14.3 Å². The van der Waals surface area contributed by atoms with Gasteiger partial charge >= 0.3 is 5.97 Å². The number of nitrogens with zero attached hydrogens (tertiary/aromatic N) is 1. The standard InChI is InChI=1S/C18H18ClNO3S/c1-20(14-7-3-2-4-8-14)17(21)13-23-18(22)11-12-24-16-10-6-5-9-15(16)19/h2-10H,11-13H2,1H3. The molecular formula is C18H18ClNO3S. The number of thioether (sulfide) groups is 1. The lowest BCUT2D eigenvalue weighted by Gasteiger charge is -2.17. The Labute approximate surface area is 150 Å². The van der Waals surface area contributed by atoms with Crippen LogP contribution in [0.1, 0.15) is 6.42 Å². The molecule has 4 nitrogen and oxygen atoms in total. The fraction of sp³-hybridized carbons (Fsp3) is 0.222. The molecule has 0 atom stereocenters. The van der Waals surface area contributed by atoms with E-state index in [-0.39, 0.29) is 18.9 Å². The van der Waals surface area contributed by atoms with Gasteiger partial charge in [0.05, 0.1) is 11.4 Å². The summed E-state index contributed by atoms with van der Waals surface area (Å²) < 4.78 is 5.04. The van der Waals surface area contributed by atoms with E-state index in [0.29, 0.717) is 10.8 Å². The maximum absolute atomic E-state index is 12.0. The first-order valence-corrected chi connectivity index (χ1v) is 8.79. The van der Waals surface area contributed by atoms with Gasteiger partial charge in [0.1, 0.15) is 0 Å². The molecule has 0 heterocycles. The highest BCUT2D eigenvalue weighted by atomic mass is 35.5. The van der Waals surface area contributed by atoms with Crippen molar-refractivity contribution in [2.45, 2.75) is 11.3 Å². The van der Waals surface area contributed by atoms with Crippen molar-refractivity contribution in [1.82, 2.24) is 0 Å². The van der Waals surface area contributed by atoms with E-state index >= 15 is 0 Å². The predicted octanol–water partition coefficient (Wildman–Crippen LogP) is 4.03. The summed E-state index contributed by atoms with van der Waals surface area (Å²) in [6.45, 7) is -0.263. The molecule has 0 N–H and O–H groups in total. The van der Waals surface area contributed by atoms with E-state index in [1.54, 1.807) is 13.1 Å². The molecular weight excluding hydrogens is 346 g/mol. The Morgan fingerprint density at radius 1 is 1.08 bits per heavy atom. The molecule has 2 aromatic carbocycles. The van der Waals surface area contributed by atoms with Gasteiger partial charge in [0.2, 0.25) is 0 Å². The second-order valence-corrected chi connectivity index (χ2v) is 6.52. The highest BCUT2D eigenvalue weighted by Crippen LogP contribution is 2.26. The molecule has 0 unspecified atom stereocenters. The topological polar surface area (TPSA) is 46.6 Å². The van der Waals surface area contributed by atoms with Crippen molar-refractivity contribution in [1.29, 1.82) is 0 Å². The van der Waals surface area contributed by atoms with E-state index in [2.05, 4.69) is 0 Å². The maximum atomic E-state index is 12.0. The molecule has 0 aliphatic heterocycles. The Morgan fingerprint density at radius 2 is 1.75 bits per heavy atom. The lowest BCUT2D eigenvalue weighted by molar-refractivity contribution is -0.147. The van der Waals surface area contributed by atoms with Crippen molar-refractivity contribution in [3.05, 3.63) is 59.6 Å². The predicted molar refractivity (Wildman–Crippen MR) is 97.6 cm³/mol. The van der Waals surface area contributed by atoms with E-state index in [4.69, 9.17) is 16.3 Å². The Hall–Kier alpha value is -1.98. The molecule has 0 aliphatic carbocycles. The number of rotatable bonds is 7. The monoisotopic (exact) mass is 363 g/mol. The van der Waals surface area contributed by atoms with Crippen LogP contribution in [0.3, 0.4) is 0 Å². The molecule has 0 aliphatic rings. The Bertz CT molecular complexity index is 694. The van der Waals surface area contributed by atoms with Crippen LogP contribution in [-0.2, 0) is 14.3 Å². The number of amides is 1. The van der Waals surface area contributed by atoms with Gasteiger partial charge in [-0.1, -0.05) is 41.9 Å². The number of hydrogen-bond donors (Lipinski definition) is 0. The Kier molecular flexibility index (Phi) is 7.15. The van der Waals surface area contributed by atoms with Gasteiger partial charge in [-0.3, -0.25) is 9.59 Å². The minimum atomic E-state index is -0.399. The van der Waals surface area contributed by atoms with Crippen LogP contribution in [0.25, 0.3) is 0 Å². The van der Waals surface area contributed by atoms with Gasteiger partial charge in [-0.2, -0.15) is 0 Å². The Morgan fingerprint density at radius 3 is 2.46 bits per heavy atom. The van der Waals surface area contributed by atoms with E-state index < -0.39 is 5.97 Å². The van der Waals surface area contributed by atoms with Gasteiger partial charge in [0.25, 0.3) is 5.91 Å². The third kappa shape index (κ3) is 5.58. The number of para-hydroxylation sites is 1. The van der Waals surface area contributed by atoms with Crippen molar-refractivity contribution >= 4 is 40.9 Å². The fourth-order valence-electron chi connectivity index (χ4n) is 1.91. The molecule has 0 spiro atoms. The van der Waals surface area contributed by atoms with Crippen molar-refractivity contribution in [3.63, 3.8) is 0 Å². The lowest BCUT2D eigenvalue weighted by atomic mass is 10.3. The van der Waals surface area contributed by atoms with Crippen molar-refractivity contribution in [2.24, 2.45) is 0 Å². The molecule has 24 heavy (non-hydrogen) atoms. The van der Waals surface area contributed by atoms with Gasteiger partial charge in [-0.05, 0) is 24.3 Å². The fourth-order valence-corrected chi connectivity index (χ4v) is 3.08. The first kappa shape index (κ1) is 18.4. The third-order valence-electron chi connectivity index (χ3n) is 3.27. The van der Waals surface area contributed by atoms with Crippen LogP contribution in [-0.4, -0.2) is 31.3 Å². The van der Waals surface area contributed by atoms with Crippen LogP contribution in [0, 0.1) is 0 Å². The van der Waals surface area contributed by atoms with Crippen molar-refractivity contribution in [2.75, 3.05) is 24.3 Å². The first-order chi connectivity index (χ1) is 11.6. The zero-order valence-corrected chi connectivity index (χ0v) is 14.8. The maximum Gasteiger partial charge on any atom is 0.307 e. The summed E-state index contributed by atoms with van der Waals surface area (Å²) in [7, 11) is 1.65. The van der Waals surface area contributed by atoms with Gasteiger partial charge in [0.15, 0.2) is 6.61 Å². The number of likely N-dealkylation sites (N-methyl/N-ethyl adjacent to an activating group) is 1. The summed E-state index contributed by atoms with van der Waals surface area (Å²) in [4.78, 5) is 26.1. The van der Waals surface area contributed by atoms with E-state index in [9.17, 15) is 9.59 Å². The van der Waals surface area contributed by atoms with E-state index in [1.807, 2.05) is 48.5 Å². The van der Waals surface area contributed by atoms with Crippen LogP contribution < -0.4 is 4.90 Å². The number of halogens is 1. The summed E-state index contributed by atoms with van der Waals surface area (Å²) in [6, 6.07) is 16.7. The quantitative estimate of drug-likeness (QED) is 0.550. The second-order valence-electron chi connectivity index (χ2n) is 4.98. The largest absolute Gasteiger partial charge is 0.456 e. The molecule has 2 aromatic rings. The third-order valence-corrected chi connectivity index (χ3v) is 4.79. The number of hydrogen-bond acceptors (Lipinski definition) is 4. The smallest absolute Gasteiger partial charge is 0.307 e. The molecule has 0 fully saturated rings. The minimum absolute atomic E-state index is 0.220. The van der Waals surface area contributed by atoms with Gasteiger partial charge in [-0.15, -0.1) is 11.8 Å². The number of carbonyl (C=O) groups excluding carboxylic acids is 2. The Balaban J connectivity index is 1.71. The molecule has 0 aromatic heterocycles. The molecule has 2 rings (SSSR count). The molecule has 0 saturated heterocycles. The van der Waals surface area contributed by atoms with Crippen LogP contribution in [0.5, 0.6) is 0 Å². The number of benzene rings is 2. The summed E-state index contributed by atoms with van der Waals surface area (Å²) in [5.41, 5.74) is 0.757. The normalized spacial score (nSPS) is 10.2. The zero-order valence-electron chi connectivity index (χ0n) is 13.3. The van der Waals surface area contributed by atoms with Gasteiger partial charge < -0.3 is 9.64 Å². The molecule has 0 saturated carbocycles. The average Bonchev–Trinajstić information content (AvgIpc) is 2.61. The average molecular weight is 364 g/mol. The van der Waals surface area contributed by atoms with Gasteiger partial charge in [0, 0.05) is 23.4 Å². The number of carbonyl (C=O) groups is 2. The highest BCUT2D eigenvalue weighted by molar-refractivity contribution is 7.99. The van der Waals surface area contributed by atoms with E-state index in [0.717, 1.165) is 10.6 Å². The van der Waals surface area contributed by atoms with Gasteiger partial charge in [-0.25, -0.2) is 0 Å². The van der Waals surface area contributed by atoms with E-state index in [1.165, 1.54) is 16.7 Å². The lowest BCUT2D eigenvalue weighted by Crippen LogP contribution is -2.31. The summed E-state index contributed by atoms with van der Waals surface area (Å²) in [6.07, 6.45) is 0.220. The van der Waals surface area contributed by atoms with Crippen LogP contribution in [0.15, 0.2) is 59.5 Å². The van der Waals surface area contributed by atoms with Crippen LogP contribution in [0.2, 0.25) is 5.02 Å². The summed E-state index contributed by atoms with van der Waals surface area (Å²) in [5.74, 6) is -0.122. The molecule has 0 bridgehead atoms. The summed E-state index contributed by atoms with van der Waals surface area (Å²) in [5, 5.41) is 0.663. The van der Waals surface area contributed by atoms with Crippen LogP contribution >= 0.6 is 23.4 Å². The molecule has 0 radical (unpaired) electrons. The molecule has 1 amide bonds. The number of esters is 1. The molecule has 126 valence electrons. The van der Waals surface area contributed by atoms with Crippen LogP contribution in [0.4, 0.5) is 5.69 Å². The zero-order chi connectivity index (χ0) is 17.4. The second kappa shape index (κ2) is 9.35. The van der Waals surface area contributed by atoms with Crippen molar-refractivity contribution in [3.8, 4) is 0 Å². The minimum Gasteiger partial charge on any atom is -0.456 e. The number of anilines is 1. The SMILES string of the molecule is CN(C(=O)COC(=O)CCSc1ccccc1Cl)c1ccccc1.